The first-order valence-corrected chi connectivity index (χ1v) is 4.38. The van der Waals surface area contributed by atoms with Gasteiger partial charge in [0.25, 0.3) is 0 Å². The molecular formula is C9H19NO2. The van der Waals surface area contributed by atoms with Crippen LogP contribution in [0, 0.1) is 0 Å². The summed E-state index contributed by atoms with van der Waals surface area (Å²) in [6.07, 6.45) is 0.137. The minimum Gasteiger partial charge on any atom is -0.348 e. The van der Waals surface area contributed by atoms with Gasteiger partial charge >= 0.3 is 0 Å². The zero-order valence-corrected chi connectivity index (χ0v) is 8.60. The molecule has 0 radical (unpaired) electrons. The number of hydrogen-bond acceptors (Lipinski definition) is 3. The van der Waals surface area contributed by atoms with Gasteiger partial charge in [-0.05, 0) is 34.7 Å². The minimum atomic E-state index is -0.418. The van der Waals surface area contributed by atoms with Crippen molar-refractivity contribution >= 4 is 0 Å². The van der Waals surface area contributed by atoms with E-state index in [1.165, 1.54) is 0 Å². The van der Waals surface area contributed by atoms with Gasteiger partial charge in [-0.2, -0.15) is 0 Å². The van der Waals surface area contributed by atoms with Gasteiger partial charge in [-0.1, -0.05) is 0 Å². The molecule has 12 heavy (non-hydrogen) atoms. The number of nitrogens with one attached hydrogen (secondary N) is 1. The van der Waals surface area contributed by atoms with Crippen LogP contribution in [0.1, 0.15) is 27.7 Å². The molecule has 1 unspecified atom stereocenters. The lowest BCUT2D eigenvalue weighted by atomic mass is 9.98. The largest absolute Gasteiger partial charge is 0.348 e. The fourth-order valence-electron chi connectivity index (χ4n) is 1.20. The first kappa shape index (κ1) is 9.96. The molecule has 1 aliphatic rings. The molecule has 0 aliphatic carbocycles. The zero-order chi connectivity index (χ0) is 9.41. The van der Waals surface area contributed by atoms with Crippen molar-refractivity contribution in [1.82, 2.24) is 5.32 Å². The molecule has 1 aliphatic heterocycles. The monoisotopic (exact) mass is 173 g/mol. The fraction of sp³-hybridized carbons (Fsp3) is 1.00. The summed E-state index contributed by atoms with van der Waals surface area (Å²) < 4.78 is 11.2. The highest BCUT2D eigenvalue weighted by atomic mass is 16.7. The van der Waals surface area contributed by atoms with Crippen molar-refractivity contribution in [1.29, 1.82) is 0 Å². The second kappa shape index (κ2) is 2.98. The van der Waals surface area contributed by atoms with Gasteiger partial charge in [-0.3, -0.25) is 0 Å². The van der Waals surface area contributed by atoms with E-state index < -0.39 is 5.79 Å². The van der Waals surface area contributed by atoms with Gasteiger partial charge in [0.2, 0.25) is 0 Å². The Morgan fingerprint density at radius 1 is 1.42 bits per heavy atom. The lowest BCUT2D eigenvalue weighted by Gasteiger charge is -2.30. The molecule has 0 amide bonds. The van der Waals surface area contributed by atoms with Crippen molar-refractivity contribution in [3.63, 3.8) is 0 Å². The van der Waals surface area contributed by atoms with Crippen LogP contribution in [0.5, 0.6) is 0 Å². The fourth-order valence-corrected chi connectivity index (χ4v) is 1.20. The van der Waals surface area contributed by atoms with E-state index in [-0.39, 0.29) is 11.6 Å². The molecule has 1 saturated heterocycles. The Bertz CT molecular complexity index is 166. The smallest absolute Gasteiger partial charge is 0.163 e. The maximum absolute atomic E-state index is 5.72. The van der Waals surface area contributed by atoms with E-state index in [0.29, 0.717) is 6.61 Å². The van der Waals surface area contributed by atoms with Crippen LogP contribution in [0.15, 0.2) is 0 Å². The molecule has 0 saturated carbocycles. The highest BCUT2D eigenvalue weighted by Gasteiger charge is 2.40. The van der Waals surface area contributed by atoms with Gasteiger partial charge in [0.05, 0.1) is 6.61 Å². The first-order chi connectivity index (χ1) is 5.37. The molecule has 0 aromatic rings. The van der Waals surface area contributed by atoms with E-state index >= 15 is 0 Å². The highest BCUT2D eigenvalue weighted by Crippen LogP contribution is 2.28. The second-order valence-electron chi connectivity index (χ2n) is 4.29. The molecule has 1 N–H and O–H groups in total. The summed E-state index contributed by atoms with van der Waals surface area (Å²) in [5.74, 6) is -0.418. The Hall–Kier alpha value is -0.120. The van der Waals surface area contributed by atoms with Gasteiger partial charge < -0.3 is 14.8 Å². The quantitative estimate of drug-likeness (QED) is 0.679. The van der Waals surface area contributed by atoms with Crippen LogP contribution in [0.2, 0.25) is 0 Å². The van der Waals surface area contributed by atoms with Gasteiger partial charge in [0, 0.05) is 5.54 Å². The van der Waals surface area contributed by atoms with Gasteiger partial charge in [0.1, 0.15) is 6.10 Å². The van der Waals surface area contributed by atoms with Gasteiger partial charge in [0.15, 0.2) is 5.79 Å². The van der Waals surface area contributed by atoms with Crippen LogP contribution in [0.4, 0.5) is 0 Å². The standard InChI is InChI=1S/C9H19NO2/c1-8(2,10-5)7-6-11-9(3,4)12-7/h7,10H,6H2,1-5H3. The van der Waals surface area contributed by atoms with Crippen LogP contribution in [0.3, 0.4) is 0 Å². The van der Waals surface area contributed by atoms with E-state index in [9.17, 15) is 0 Å². The van der Waals surface area contributed by atoms with Crippen molar-refractivity contribution in [3.8, 4) is 0 Å². The van der Waals surface area contributed by atoms with Crippen molar-refractivity contribution < 1.29 is 9.47 Å². The van der Waals surface area contributed by atoms with Gasteiger partial charge in [-0.25, -0.2) is 0 Å². The van der Waals surface area contributed by atoms with E-state index in [0.717, 1.165) is 0 Å². The first-order valence-electron chi connectivity index (χ1n) is 4.38. The molecule has 1 fully saturated rings. The summed E-state index contributed by atoms with van der Waals surface area (Å²) >= 11 is 0. The molecule has 0 spiro atoms. The molecule has 72 valence electrons. The second-order valence-corrected chi connectivity index (χ2v) is 4.29. The minimum absolute atomic E-state index is 0.0201. The molecule has 1 rings (SSSR count). The third kappa shape index (κ3) is 1.97. The molecule has 3 heteroatoms. The van der Waals surface area contributed by atoms with E-state index in [1.807, 2.05) is 20.9 Å². The molecule has 0 bridgehead atoms. The third-order valence-corrected chi connectivity index (χ3v) is 2.46. The normalized spacial score (nSPS) is 29.2. The SMILES string of the molecule is CNC(C)(C)C1COC(C)(C)O1. The molecular weight excluding hydrogens is 154 g/mol. The number of rotatable bonds is 2. The molecule has 1 atom stereocenters. The summed E-state index contributed by atoms with van der Waals surface area (Å²) in [4.78, 5) is 0. The maximum Gasteiger partial charge on any atom is 0.163 e. The Labute approximate surface area is 74.4 Å². The molecule has 0 aromatic carbocycles. The maximum atomic E-state index is 5.72. The lowest BCUT2D eigenvalue weighted by molar-refractivity contribution is -0.146. The number of hydrogen-bond donors (Lipinski definition) is 1. The number of likely N-dealkylation sites (N-methyl/N-ethyl adjacent to an activating group) is 1. The van der Waals surface area contributed by atoms with E-state index in [2.05, 4.69) is 19.2 Å². The summed E-state index contributed by atoms with van der Waals surface area (Å²) in [6, 6.07) is 0. The summed E-state index contributed by atoms with van der Waals surface area (Å²) in [7, 11) is 1.94. The van der Waals surface area contributed by atoms with Crippen molar-refractivity contribution in [2.45, 2.75) is 45.1 Å². The predicted molar refractivity (Wildman–Crippen MR) is 48.0 cm³/mol. The van der Waals surface area contributed by atoms with Gasteiger partial charge in [-0.15, -0.1) is 0 Å². The van der Waals surface area contributed by atoms with Crippen molar-refractivity contribution in [3.05, 3.63) is 0 Å². The molecule has 0 aromatic heterocycles. The number of ether oxygens (including phenoxy) is 2. The van der Waals surface area contributed by atoms with E-state index in [1.54, 1.807) is 0 Å². The third-order valence-electron chi connectivity index (χ3n) is 2.46. The topological polar surface area (TPSA) is 30.5 Å². The Morgan fingerprint density at radius 2 is 2.00 bits per heavy atom. The summed E-state index contributed by atoms with van der Waals surface area (Å²) in [6.45, 7) is 8.78. The molecule has 1 heterocycles. The van der Waals surface area contributed by atoms with Crippen LogP contribution in [-0.2, 0) is 9.47 Å². The lowest BCUT2D eigenvalue weighted by Crippen LogP contribution is -2.49. The Balaban J connectivity index is 2.58. The Kier molecular flexibility index (Phi) is 2.47. The Morgan fingerprint density at radius 3 is 2.33 bits per heavy atom. The highest BCUT2D eigenvalue weighted by molar-refractivity contribution is 4.89. The zero-order valence-electron chi connectivity index (χ0n) is 8.60. The van der Waals surface area contributed by atoms with Crippen LogP contribution < -0.4 is 5.32 Å². The van der Waals surface area contributed by atoms with E-state index in [4.69, 9.17) is 9.47 Å². The average Bonchev–Trinajstić information content (AvgIpc) is 2.31. The van der Waals surface area contributed by atoms with Crippen LogP contribution in [-0.4, -0.2) is 31.1 Å². The summed E-state index contributed by atoms with van der Waals surface area (Å²) in [5, 5.41) is 3.22. The average molecular weight is 173 g/mol. The summed E-state index contributed by atoms with van der Waals surface area (Å²) in [5.41, 5.74) is -0.0201. The van der Waals surface area contributed by atoms with Crippen LogP contribution in [0.25, 0.3) is 0 Å². The van der Waals surface area contributed by atoms with Crippen molar-refractivity contribution in [2.75, 3.05) is 13.7 Å². The predicted octanol–water partition coefficient (Wildman–Crippen LogP) is 1.14. The molecule has 3 nitrogen and oxygen atoms in total. The van der Waals surface area contributed by atoms with Crippen LogP contribution >= 0.6 is 0 Å². The van der Waals surface area contributed by atoms with Crippen molar-refractivity contribution in [2.24, 2.45) is 0 Å².